The van der Waals surface area contributed by atoms with E-state index < -0.39 is 0 Å². The number of furan rings is 2. The molecule has 0 spiro atoms. The van der Waals surface area contributed by atoms with Crippen LogP contribution in [0, 0.1) is 0 Å². The van der Waals surface area contributed by atoms with Gasteiger partial charge in [-0.05, 0) is 119 Å². The van der Waals surface area contributed by atoms with Gasteiger partial charge in [-0.2, -0.15) is 0 Å². The summed E-state index contributed by atoms with van der Waals surface area (Å²) in [6.07, 6.45) is 0. The second-order valence-electron chi connectivity index (χ2n) is 27.7. The highest BCUT2D eigenvalue weighted by Crippen LogP contribution is 2.47. The summed E-state index contributed by atoms with van der Waals surface area (Å²) in [6.45, 7) is 0. The van der Waals surface area contributed by atoms with Crippen molar-refractivity contribution in [3.8, 4) is 124 Å². The largest absolute Gasteiger partial charge is 0.453 e. The van der Waals surface area contributed by atoms with Crippen LogP contribution < -0.4 is 0 Å². The molecule has 22 rings (SSSR count). The zero-order valence-electron chi connectivity index (χ0n) is 60.1. The molecule has 0 saturated carbocycles. The number of fused-ring (bicyclic) bond motifs is 14. The Balaban J connectivity index is 0.000000141. The number of hydrogen-bond acceptors (Lipinski definition) is 10. The van der Waals surface area contributed by atoms with Crippen LogP contribution in [0.25, 0.3) is 212 Å². The van der Waals surface area contributed by atoms with Crippen LogP contribution in [0.1, 0.15) is 0 Å². The highest BCUT2D eigenvalue weighted by molar-refractivity contribution is 6.26. The van der Waals surface area contributed by atoms with Crippen LogP contribution in [0.4, 0.5) is 0 Å². The van der Waals surface area contributed by atoms with Gasteiger partial charge >= 0.3 is 0 Å². The molecule has 0 fully saturated rings. The van der Waals surface area contributed by atoms with Crippen LogP contribution in [0.3, 0.4) is 0 Å². The van der Waals surface area contributed by atoms with Gasteiger partial charge < -0.3 is 18.0 Å². The van der Waals surface area contributed by atoms with Crippen molar-refractivity contribution >= 4 is 87.7 Å². The standard InChI is InChI=1S/2C50H31N5O/c1-4-16-32(17-5-1)35-22-14-23-36(30-35)49-52-48(34-20-8-3-9-21-34)53-50(54-49)37-24-15-25-38(31-37)55-42-29-13-11-27-40(42)47-45(55)43-44(33-18-6-2-7-19-33)51-41-28-12-10-26-39(41)46(43)56-47;1-4-15-32(16-5-1)36-21-14-22-37(31-36)50-53-48(34-19-8-3-9-20-34)52-49(54-50)35-27-29-38(30-28-35)55-42-26-13-11-24-40(42)47-45(55)43-44(33-17-6-2-7-18-33)51-41-25-12-10-23-39(41)46(43)56-47/h2*1-31H. The van der Waals surface area contributed by atoms with Gasteiger partial charge in [0.05, 0.1) is 44.2 Å². The lowest BCUT2D eigenvalue weighted by molar-refractivity contribution is 0.676. The minimum Gasteiger partial charge on any atom is -0.453 e. The second-order valence-corrected chi connectivity index (χ2v) is 27.7. The molecule has 8 aromatic heterocycles. The average molecular weight is 1440 g/mol. The van der Waals surface area contributed by atoms with Crippen molar-refractivity contribution in [1.82, 2.24) is 49.0 Å². The summed E-state index contributed by atoms with van der Waals surface area (Å²) in [4.78, 5) is 40.9. The van der Waals surface area contributed by atoms with E-state index in [2.05, 4.69) is 276 Å². The molecule has 0 saturated heterocycles. The monoisotopic (exact) mass is 1430 g/mol. The molecule has 112 heavy (non-hydrogen) atoms. The Morgan fingerprint density at radius 3 is 0.893 bits per heavy atom. The van der Waals surface area contributed by atoms with Crippen LogP contribution in [-0.4, -0.2) is 49.0 Å². The van der Waals surface area contributed by atoms with E-state index in [4.69, 9.17) is 48.7 Å². The van der Waals surface area contributed by atoms with E-state index in [9.17, 15) is 0 Å². The Kier molecular flexibility index (Phi) is 15.9. The van der Waals surface area contributed by atoms with Gasteiger partial charge in [0.1, 0.15) is 22.2 Å². The quantitative estimate of drug-likeness (QED) is 0.116. The molecule has 22 aromatic rings. The number of rotatable bonds is 12. The molecule has 0 bridgehead atoms. The normalized spacial score (nSPS) is 11.6. The molecular formula is C100H62N10O2. The topological polar surface area (TPSA) is 139 Å². The fraction of sp³-hybridized carbons (Fsp3) is 0. The number of aromatic nitrogens is 10. The van der Waals surface area contributed by atoms with Crippen molar-refractivity contribution in [2.24, 2.45) is 0 Å². The van der Waals surface area contributed by atoms with Gasteiger partial charge in [0, 0.05) is 77.4 Å². The number of benzene rings is 14. The molecule has 12 nitrogen and oxygen atoms in total. The van der Waals surface area contributed by atoms with E-state index in [1.165, 1.54) is 0 Å². The number of para-hydroxylation sites is 4. The SMILES string of the molecule is c1ccc(-c2cccc(-c3nc(-c4ccccc4)nc(-c4ccc(-n5c6ccccc6c6oc7c8ccccc8nc(-c8ccccc8)c7c65)cc4)n3)c2)cc1.c1ccc(-c2cccc(-c3nc(-c4ccccc4)nc(-c4cccc(-n5c6ccccc6c6oc7c8ccccc8nc(-c8ccccc8)c7c65)c4)n3)c2)cc1. The van der Waals surface area contributed by atoms with E-state index in [1.807, 2.05) is 109 Å². The molecule has 8 heterocycles. The Morgan fingerprint density at radius 1 is 0.188 bits per heavy atom. The summed E-state index contributed by atoms with van der Waals surface area (Å²) in [7, 11) is 0. The Bertz CT molecular complexity index is 7350. The number of hydrogen-bond donors (Lipinski definition) is 0. The summed E-state index contributed by atoms with van der Waals surface area (Å²) >= 11 is 0. The van der Waals surface area contributed by atoms with Crippen LogP contribution in [-0.2, 0) is 0 Å². The van der Waals surface area contributed by atoms with Crippen molar-refractivity contribution in [1.29, 1.82) is 0 Å². The molecule has 14 aromatic carbocycles. The fourth-order valence-corrected chi connectivity index (χ4v) is 15.6. The first-order valence-electron chi connectivity index (χ1n) is 37.3. The van der Waals surface area contributed by atoms with E-state index in [0.717, 1.165) is 177 Å². The molecule has 0 amide bonds. The Labute approximate surface area is 642 Å². The lowest BCUT2D eigenvalue weighted by Gasteiger charge is -2.12. The Hall–Kier alpha value is -15.4. The highest BCUT2D eigenvalue weighted by Gasteiger charge is 2.28. The van der Waals surface area contributed by atoms with E-state index in [0.29, 0.717) is 34.9 Å². The minimum atomic E-state index is 0.586. The summed E-state index contributed by atoms with van der Waals surface area (Å²) in [5.41, 5.74) is 24.8. The number of pyridine rings is 2. The molecule has 12 heteroatoms. The third-order valence-electron chi connectivity index (χ3n) is 20.9. The second kappa shape index (κ2) is 27.4. The van der Waals surface area contributed by atoms with Gasteiger partial charge in [0.15, 0.2) is 46.1 Å². The van der Waals surface area contributed by atoms with Gasteiger partial charge in [0.2, 0.25) is 0 Å². The highest BCUT2D eigenvalue weighted by atomic mass is 16.3. The van der Waals surface area contributed by atoms with Crippen LogP contribution in [0.2, 0.25) is 0 Å². The maximum Gasteiger partial charge on any atom is 0.164 e. The molecule has 0 radical (unpaired) electrons. The summed E-state index contributed by atoms with van der Waals surface area (Å²) in [6, 6.07) is 129. The van der Waals surface area contributed by atoms with Gasteiger partial charge in [0.25, 0.3) is 0 Å². The molecule has 0 atom stereocenters. The predicted molar refractivity (Wildman–Crippen MR) is 453 cm³/mol. The van der Waals surface area contributed by atoms with Crippen molar-refractivity contribution in [2.45, 2.75) is 0 Å². The molecular weight excluding hydrogens is 1370 g/mol. The van der Waals surface area contributed by atoms with Gasteiger partial charge in [-0.3, -0.25) is 0 Å². The van der Waals surface area contributed by atoms with Crippen molar-refractivity contribution in [3.05, 3.63) is 376 Å². The molecule has 0 aliphatic rings. The third-order valence-corrected chi connectivity index (χ3v) is 20.9. The maximum atomic E-state index is 6.94. The predicted octanol–water partition coefficient (Wildman–Crippen LogP) is 25.2. The van der Waals surface area contributed by atoms with E-state index in [1.54, 1.807) is 0 Å². The third kappa shape index (κ3) is 11.5. The minimum absolute atomic E-state index is 0.586. The van der Waals surface area contributed by atoms with Crippen LogP contribution in [0.5, 0.6) is 0 Å². The van der Waals surface area contributed by atoms with Crippen molar-refractivity contribution in [2.75, 3.05) is 0 Å². The van der Waals surface area contributed by atoms with Crippen LogP contribution >= 0.6 is 0 Å². The van der Waals surface area contributed by atoms with Crippen LogP contribution in [0.15, 0.2) is 385 Å². The lowest BCUT2D eigenvalue weighted by atomic mass is 10.0. The number of nitrogens with zero attached hydrogens (tertiary/aromatic N) is 10. The molecule has 0 aliphatic heterocycles. The zero-order chi connectivity index (χ0) is 74.0. The Morgan fingerprint density at radius 2 is 0.482 bits per heavy atom. The van der Waals surface area contributed by atoms with E-state index >= 15 is 0 Å². The smallest absolute Gasteiger partial charge is 0.164 e. The average Bonchev–Trinajstić information content (AvgIpc) is 1.55. The first-order chi connectivity index (χ1) is 55.5. The maximum absolute atomic E-state index is 6.94. The molecule has 0 unspecified atom stereocenters. The zero-order valence-corrected chi connectivity index (χ0v) is 60.1. The van der Waals surface area contributed by atoms with Gasteiger partial charge in [-0.25, -0.2) is 39.9 Å². The fourth-order valence-electron chi connectivity index (χ4n) is 15.6. The molecule has 0 aliphatic carbocycles. The van der Waals surface area contributed by atoms with Gasteiger partial charge in [-0.1, -0.05) is 279 Å². The summed E-state index contributed by atoms with van der Waals surface area (Å²) < 4.78 is 18.4. The van der Waals surface area contributed by atoms with Crippen molar-refractivity contribution < 1.29 is 8.83 Å². The first-order valence-corrected chi connectivity index (χ1v) is 37.3. The molecule has 524 valence electrons. The lowest BCUT2D eigenvalue weighted by Crippen LogP contribution is -2.01. The first kappa shape index (κ1) is 64.9. The van der Waals surface area contributed by atoms with Crippen molar-refractivity contribution in [3.63, 3.8) is 0 Å². The van der Waals surface area contributed by atoms with E-state index in [-0.39, 0.29) is 0 Å². The molecule has 0 N–H and O–H groups in total. The van der Waals surface area contributed by atoms with Gasteiger partial charge in [-0.15, -0.1) is 0 Å². The summed E-state index contributed by atoms with van der Waals surface area (Å²) in [5, 5.41) is 5.98. The summed E-state index contributed by atoms with van der Waals surface area (Å²) in [5.74, 6) is 3.65.